The molecular formula is C12H26N2O. The molecule has 0 spiro atoms. The Morgan fingerprint density at radius 1 is 1.33 bits per heavy atom. The van der Waals surface area contributed by atoms with Crippen LogP contribution < -0.4 is 5.32 Å². The molecule has 1 rings (SSSR count). The topological polar surface area (TPSA) is 24.5 Å². The smallest absolute Gasteiger partial charge is 0.0674 e. The van der Waals surface area contributed by atoms with Gasteiger partial charge in [-0.2, -0.15) is 0 Å². The van der Waals surface area contributed by atoms with E-state index in [1.165, 1.54) is 0 Å². The number of ether oxygens (including phenoxy) is 1. The summed E-state index contributed by atoms with van der Waals surface area (Å²) in [5.41, 5.74) is 0. The molecule has 0 aromatic carbocycles. The van der Waals surface area contributed by atoms with Crippen molar-refractivity contribution in [3.05, 3.63) is 0 Å². The van der Waals surface area contributed by atoms with Crippen LogP contribution in [0.15, 0.2) is 0 Å². The van der Waals surface area contributed by atoms with Crippen LogP contribution in [0.2, 0.25) is 0 Å². The molecule has 3 atom stereocenters. The fourth-order valence-corrected chi connectivity index (χ4v) is 2.07. The van der Waals surface area contributed by atoms with Crippen LogP contribution in [0, 0.1) is 0 Å². The van der Waals surface area contributed by atoms with Gasteiger partial charge in [-0.05, 0) is 20.8 Å². The number of nitrogens with one attached hydrogen (secondary N) is 1. The molecule has 1 heterocycles. The second kappa shape index (κ2) is 5.83. The number of hydrogen-bond acceptors (Lipinski definition) is 3. The first-order valence-corrected chi connectivity index (χ1v) is 6.11. The highest BCUT2D eigenvalue weighted by Gasteiger charge is 2.26. The van der Waals surface area contributed by atoms with Gasteiger partial charge in [-0.15, -0.1) is 0 Å². The number of nitrogens with zero attached hydrogens (tertiary/aromatic N) is 1. The molecule has 1 aliphatic rings. The zero-order valence-corrected chi connectivity index (χ0v) is 10.8. The van der Waals surface area contributed by atoms with Gasteiger partial charge in [0.05, 0.1) is 12.7 Å². The zero-order chi connectivity index (χ0) is 11.4. The fraction of sp³-hybridized carbons (Fsp3) is 1.00. The summed E-state index contributed by atoms with van der Waals surface area (Å²) in [4.78, 5) is 2.55. The maximum absolute atomic E-state index is 5.63. The Labute approximate surface area is 94.2 Å². The van der Waals surface area contributed by atoms with Crippen molar-refractivity contribution in [1.82, 2.24) is 10.2 Å². The zero-order valence-electron chi connectivity index (χ0n) is 10.8. The molecule has 3 nitrogen and oxygen atoms in total. The monoisotopic (exact) mass is 214 g/mol. The molecule has 1 N–H and O–H groups in total. The minimum absolute atomic E-state index is 0.377. The summed E-state index contributed by atoms with van der Waals surface area (Å²) < 4.78 is 5.63. The summed E-state index contributed by atoms with van der Waals surface area (Å²) in [6.45, 7) is 14.1. The molecule has 0 saturated carbocycles. The van der Waals surface area contributed by atoms with E-state index in [2.05, 4.69) is 44.8 Å². The van der Waals surface area contributed by atoms with E-state index >= 15 is 0 Å². The van der Waals surface area contributed by atoms with E-state index in [9.17, 15) is 0 Å². The highest BCUT2D eigenvalue weighted by Crippen LogP contribution is 2.14. The third kappa shape index (κ3) is 4.09. The van der Waals surface area contributed by atoms with Crippen LogP contribution >= 0.6 is 0 Å². The van der Waals surface area contributed by atoms with Crippen molar-refractivity contribution in [2.24, 2.45) is 0 Å². The van der Waals surface area contributed by atoms with E-state index in [0.717, 1.165) is 19.7 Å². The largest absolute Gasteiger partial charge is 0.376 e. The molecule has 1 aliphatic heterocycles. The Morgan fingerprint density at radius 2 is 2.00 bits per heavy atom. The standard InChI is InChI=1S/C12H26N2O/c1-9(2)13-6-10(3)14-7-12(5)15-8-11(14)4/h9-13H,6-8H2,1-5H3. The molecule has 15 heavy (non-hydrogen) atoms. The van der Waals surface area contributed by atoms with Crippen molar-refractivity contribution in [1.29, 1.82) is 0 Å². The highest BCUT2D eigenvalue weighted by molar-refractivity contribution is 4.81. The van der Waals surface area contributed by atoms with Gasteiger partial charge in [-0.1, -0.05) is 13.8 Å². The summed E-state index contributed by atoms with van der Waals surface area (Å²) in [5.74, 6) is 0. The number of hydrogen-bond donors (Lipinski definition) is 1. The third-order valence-electron chi connectivity index (χ3n) is 3.04. The lowest BCUT2D eigenvalue weighted by atomic mass is 10.1. The van der Waals surface area contributed by atoms with E-state index < -0.39 is 0 Å². The van der Waals surface area contributed by atoms with Gasteiger partial charge in [-0.25, -0.2) is 0 Å². The molecule has 3 heteroatoms. The van der Waals surface area contributed by atoms with Gasteiger partial charge in [0.1, 0.15) is 0 Å². The highest BCUT2D eigenvalue weighted by atomic mass is 16.5. The lowest BCUT2D eigenvalue weighted by Crippen LogP contribution is -2.54. The van der Waals surface area contributed by atoms with Crippen molar-refractivity contribution in [3.63, 3.8) is 0 Å². The minimum atomic E-state index is 0.377. The van der Waals surface area contributed by atoms with E-state index in [1.807, 2.05) is 0 Å². The molecule has 0 aromatic heterocycles. The Morgan fingerprint density at radius 3 is 2.60 bits per heavy atom. The average Bonchev–Trinajstić information content (AvgIpc) is 2.18. The van der Waals surface area contributed by atoms with Crippen molar-refractivity contribution in [2.75, 3.05) is 19.7 Å². The molecule has 3 unspecified atom stereocenters. The Balaban J connectivity index is 2.38. The molecule has 0 amide bonds. The van der Waals surface area contributed by atoms with Crippen LogP contribution in [0.3, 0.4) is 0 Å². The predicted octanol–water partition coefficient (Wildman–Crippen LogP) is 1.48. The van der Waals surface area contributed by atoms with Gasteiger partial charge in [0, 0.05) is 31.2 Å². The van der Waals surface area contributed by atoms with Gasteiger partial charge in [-0.3, -0.25) is 4.90 Å². The van der Waals surface area contributed by atoms with E-state index in [-0.39, 0.29) is 0 Å². The van der Waals surface area contributed by atoms with Crippen molar-refractivity contribution < 1.29 is 4.74 Å². The Kier molecular flexibility index (Phi) is 5.03. The first-order chi connectivity index (χ1) is 7.00. The van der Waals surface area contributed by atoms with E-state index in [0.29, 0.717) is 24.2 Å². The second-order valence-corrected chi connectivity index (χ2v) is 5.10. The molecule has 0 aromatic rings. The molecule has 1 fully saturated rings. The maximum atomic E-state index is 5.63. The van der Waals surface area contributed by atoms with Gasteiger partial charge >= 0.3 is 0 Å². The van der Waals surface area contributed by atoms with Crippen LogP contribution in [0.25, 0.3) is 0 Å². The second-order valence-electron chi connectivity index (χ2n) is 5.10. The molecular weight excluding hydrogens is 188 g/mol. The third-order valence-corrected chi connectivity index (χ3v) is 3.04. The van der Waals surface area contributed by atoms with E-state index in [4.69, 9.17) is 4.74 Å². The lowest BCUT2D eigenvalue weighted by molar-refractivity contribution is -0.0631. The number of rotatable bonds is 4. The van der Waals surface area contributed by atoms with Crippen LogP contribution in [0.4, 0.5) is 0 Å². The summed E-state index contributed by atoms with van der Waals surface area (Å²) in [5, 5.41) is 3.50. The first kappa shape index (κ1) is 12.9. The van der Waals surface area contributed by atoms with Crippen LogP contribution in [-0.4, -0.2) is 48.8 Å². The first-order valence-electron chi connectivity index (χ1n) is 6.11. The van der Waals surface area contributed by atoms with Gasteiger partial charge in [0.25, 0.3) is 0 Å². The molecule has 0 radical (unpaired) electrons. The van der Waals surface area contributed by atoms with Crippen LogP contribution in [0.1, 0.15) is 34.6 Å². The maximum Gasteiger partial charge on any atom is 0.0674 e. The normalized spacial score (nSPS) is 30.8. The summed E-state index contributed by atoms with van der Waals surface area (Å²) in [6, 6.07) is 1.71. The Bertz CT molecular complexity index is 184. The molecule has 0 bridgehead atoms. The fourth-order valence-electron chi connectivity index (χ4n) is 2.07. The number of morpholine rings is 1. The van der Waals surface area contributed by atoms with Crippen molar-refractivity contribution >= 4 is 0 Å². The average molecular weight is 214 g/mol. The SMILES string of the molecule is CC(C)NCC(C)N1CC(C)OCC1C. The predicted molar refractivity (Wildman–Crippen MR) is 64.2 cm³/mol. The molecule has 1 saturated heterocycles. The molecule has 90 valence electrons. The van der Waals surface area contributed by atoms with Gasteiger partial charge < -0.3 is 10.1 Å². The van der Waals surface area contributed by atoms with Crippen molar-refractivity contribution in [3.8, 4) is 0 Å². The van der Waals surface area contributed by atoms with Crippen LogP contribution in [-0.2, 0) is 4.74 Å². The van der Waals surface area contributed by atoms with Crippen molar-refractivity contribution in [2.45, 2.75) is 58.8 Å². The summed E-state index contributed by atoms with van der Waals surface area (Å²) in [6.07, 6.45) is 0.377. The summed E-state index contributed by atoms with van der Waals surface area (Å²) in [7, 11) is 0. The quantitative estimate of drug-likeness (QED) is 0.767. The van der Waals surface area contributed by atoms with Gasteiger partial charge in [0.15, 0.2) is 0 Å². The summed E-state index contributed by atoms with van der Waals surface area (Å²) >= 11 is 0. The van der Waals surface area contributed by atoms with Gasteiger partial charge in [0.2, 0.25) is 0 Å². The van der Waals surface area contributed by atoms with Crippen LogP contribution in [0.5, 0.6) is 0 Å². The molecule has 0 aliphatic carbocycles. The lowest BCUT2D eigenvalue weighted by Gasteiger charge is -2.41. The Hall–Kier alpha value is -0.120. The minimum Gasteiger partial charge on any atom is -0.376 e. The van der Waals surface area contributed by atoms with E-state index in [1.54, 1.807) is 0 Å².